The number of hydrogen-bond acceptors (Lipinski definition) is 1. The number of rotatable bonds is 3. The molecule has 1 heteroatoms. The Morgan fingerprint density at radius 3 is 2.07 bits per heavy atom. The van der Waals surface area contributed by atoms with Crippen LogP contribution in [0.5, 0.6) is 0 Å². The highest BCUT2D eigenvalue weighted by Crippen LogP contribution is 2.39. The molecule has 0 aliphatic heterocycles. The maximum absolute atomic E-state index is 11.0. The summed E-state index contributed by atoms with van der Waals surface area (Å²) in [5.41, 5.74) is 1.37. The lowest BCUT2D eigenvalue weighted by Gasteiger charge is -2.33. The Balaban J connectivity index is 3.08. The quantitative estimate of drug-likeness (QED) is 0.687. The van der Waals surface area contributed by atoms with Crippen LogP contribution in [0.15, 0.2) is 30.3 Å². The van der Waals surface area contributed by atoms with Crippen molar-refractivity contribution in [3.05, 3.63) is 35.9 Å². The topological polar surface area (TPSA) is 17.1 Å². The van der Waals surface area contributed by atoms with Crippen molar-refractivity contribution in [2.75, 3.05) is 0 Å². The van der Waals surface area contributed by atoms with Gasteiger partial charge in [-0.3, -0.25) is 0 Å². The average molecular weight is 204 g/mol. The fraction of sp³-hybridized carbons (Fsp3) is 0.500. The van der Waals surface area contributed by atoms with Gasteiger partial charge in [-0.2, -0.15) is 0 Å². The normalized spacial score (nSPS) is 15.7. The van der Waals surface area contributed by atoms with Crippen LogP contribution in [0.1, 0.15) is 39.2 Å². The molecule has 0 N–H and O–H groups in total. The van der Waals surface area contributed by atoms with Crippen LogP contribution in [-0.4, -0.2) is 6.29 Å². The van der Waals surface area contributed by atoms with E-state index in [1.165, 1.54) is 5.56 Å². The van der Waals surface area contributed by atoms with Gasteiger partial charge in [-0.25, -0.2) is 0 Å². The number of carbonyl (C=O) groups is 1. The Labute approximate surface area is 92.5 Å². The molecule has 0 bridgehead atoms. The molecule has 2 unspecified atom stereocenters. The zero-order valence-corrected chi connectivity index (χ0v) is 10.0. The molecule has 0 saturated carbocycles. The minimum atomic E-state index is 0.0624. The van der Waals surface area contributed by atoms with Crippen LogP contribution >= 0.6 is 0 Å². The number of hydrogen-bond donors (Lipinski definition) is 0. The molecule has 82 valence electrons. The zero-order chi connectivity index (χ0) is 11.5. The molecule has 1 rings (SSSR count). The lowest BCUT2D eigenvalue weighted by molar-refractivity contribution is -0.112. The summed E-state index contributed by atoms with van der Waals surface area (Å²) >= 11 is 0. The van der Waals surface area contributed by atoms with Crippen molar-refractivity contribution in [2.45, 2.75) is 33.6 Å². The molecule has 2 atom stereocenters. The molecule has 1 nitrogen and oxygen atoms in total. The predicted octanol–water partition coefficient (Wildman–Crippen LogP) is 3.65. The van der Waals surface area contributed by atoms with Crippen molar-refractivity contribution in [2.24, 2.45) is 11.3 Å². The van der Waals surface area contributed by atoms with E-state index in [-0.39, 0.29) is 17.3 Å². The second kappa shape index (κ2) is 4.61. The van der Waals surface area contributed by atoms with Crippen LogP contribution in [0.25, 0.3) is 0 Å². The van der Waals surface area contributed by atoms with Crippen molar-refractivity contribution in [1.29, 1.82) is 0 Å². The summed E-state index contributed by atoms with van der Waals surface area (Å²) in [4.78, 5) is 11.0. The first-order valence-corrected chi connectivity index (χ1v) is 5.47. The van der Waals surface area contributed by atoms with Crippen LogP contribution in [0, 0.1) is 11.3 Å². The molecule has 0 radical (unpaired) electrons. The first-order valence-electron chi connectivity index (χ1n) is 5.47. The summed E-state index contributed by atoms with van der Waals surface area (Å²) in [6.45, 7) is 8.55. The molecule has 0 fully saturated rings. The SMILES string of the molecule is CC(C=O)C(c1ccccc1)C(C)(C)C. The summed E-state index contributed by atoms with van der Waals surface area (Å²) in [6, 6.07) is 10.3. The number of aldehydes is 1. The van der Waals surface area contributed by atoms with Gasteiger partial charge in [0.05, 0.1) is 0 Å². The third kappa shape index (κ3) is 2.92. The second-order valence-electron chi connectivity index (χ2n) is 5.25. The van der Waals surface area contributed by atoms with E-state index in [1.54, 1.807) is 0 Å². The maximum atomic E-state index is 11.0. The van der Waals surface area contributed by atoms with E-state index < -0.39 is 0 Å². The van der Waals surface area contributed by atoms with E-state index in [1.807, 2.05) is 25.1 Å². The van der Waals surface area contributed by atoms with Crippen LogP contribution in [0.3, 0.4) is 0 Å². The van der Waals surface area contributed by atoms with E-state index in [0.29, 0.717) is 0 Å². The first kappa shape index (κ1) is 12.0. The molecule has 0 aromatic heterocycles. The van der Waals surface area contributed by atoms with Gasteiger partial charge < -0.3 is 4.79 Å². The van der Waals surface area contributed by atoms with Gasteiger partial charge in [-0.1, -0.05) is 58.0 Å². The fourth-order valence-electron chi connectivity index (χ4n) is 2.33. The minimum absolute atomic E-state index is 0.0624. The molecule has 0 spiro atoms. The van der Waals surface area contributed by atoms with Gasteiger partial charge in [-0.05, 0) is 16.9 Å². The highest BCUT2D eigenvalue weighted by Gasteiger charge is 2.30. The third-order valence-electron chi connectivity index (χ3n) is 2.83. The van der Waals surface area contributed by atoms with Gasteiger partial charge in [0.15, 0.2) is 0 Å². The Morgan fingerprint density at radius 2 is 1.67 bits per heavy atom. The van der Waals surface area contributed by atoms with Gasteiger partial charge in [0.2, 0.25) is 0 Å². The average Bonchev–Trinajstić information content (AvgIpc) is 2.17. The van der Waals surface area contributed by atoms with Crippen molar-refractivity contribution in [3.63, 3.8) is 0 Å². The van der Waals surface area contributed by atoms with Gasteiger partial charge in [0.25, 0.3) is 0 Å². The molecule has 1 aromatic carbocycles. The Bertz CT molecular complexity index is 308. The summed E-state index contributed by atoms with van der Waals surface area (Å²) in [5.74, 6) is 0.351. The Kier molecular flexibility index (Phi) is 3.67. The predicted molar refractivity (Wildman–Crippen MR) is 63.9 cm³/mol. The largest absolute Gasteiger partial charge is 0.303 e. The van der Waals surface area contributed by atoms with Crippen molar-refractivity contribution in [1.82, 2.24) is 0 Å². The fourth-order valence-corrected chi connectivity index (χ4v) is 2.33. The molecule has 0 amide bonds. The van der Waals surface area contributed by atoms with Crippen molar-refractivity contribution in [3.8, 4) is 0 Å². The maximum Gasteiger partial charge on any atom is 0.123 e. The van der Waals surface area contributed by atoms with Crippen molar-refractivity contribution >= 4 is 6.29 Å². The highest BCUT2D eigenvalue weighted by molar-refractivity contribution is 5.55. The third-order valence-corrected chi connectivity index (χ3v) is 2.83. The summed E-state index contributed by atoms with van der Waals surface area (Å²) in [6.07, 6.45) is 1.06. The standard InChI is InChI=1S/C14H20O/c1-11(10-15)13(14(2,3)4)12-8-6-5-7-9-12/h5-11,13H,1-4H3. The molecule has 0 aliphatic rings. The summed E-state index contributed by atoms with van der Waals surface area (Å²) in [7, 11) is 0. The molecular weight excluding hydrogens is 184 g/mol. The van der Waals surface area contributed by atoms with Gasteiger partial charge >= 0.3 is 0 Å². The zero-order valence-electron chi connectivity index (χ0n) is 10.0. The monoisotopic (exact) mass is 204 g/mol. The van der Waals surface area contributed by atoms with E-state index in [0.717, 1.165) is 6.29 Å². The van der Waals surface area contributed by atoms with E-state index in [4.69, 9.17) is 0 Å². The van der Waals surface area contributed by atoms with Crippen molar-refractivity contribution < 1.29 is 4.79 Å². The lowest BCUT2D eigenvalue weighted by atomic mass is 9.70. The number of benzene rings is 1. The molecule has 0 heterocycles. The Morgan fingerprint density at radius 1 is 1.13 bits per heavy atom. The highest BCUT2D eigenvalue weighted by atomic mass is 16.1. The smallest absolute Gasteiger partial charge is 0.123 e. The van der Waals surface area contributed by atoms with Crippen LogP contribution in [0.4, 0.5) is 0 Å². The van der Waals surface area contributed by atoms with E-state index >= 15 is 0 Å². The first-order chi connectivity index (χ1) is 6.96. The second-order valence-corrected chi connectivity index (χ2v) is 5.25. The number of carbonyl (C=O) groups excluding carboxylic acids is 1. The van der Waals surface area contributed by atoms with Crippen LogP contribution in [-0.2, 0) is 4.79 Å². The molecule has 0 aliphatic carbocycles. The molecule has 0 saturated heterocycles. The lowest BCUT2D eigenvalue weighted by Crippen LogP contribution is -2.25. The molecule has 15 heavy (non-hydrogen) atoms. The minimum Gasteiger partial charge on any atom is -0.303 e. The summed E-state index contributed by atoms with van der Waals surface area (Å²) in [5, 5.41) is 0. The van der Waals surface area contributed by atoms with Crippen LogP contribution < -0.4 is 0 Å². The van der Waals surface area contributed by atoms with Gasteiger partial charge in [0, 0.05) is 5.92 Å². The van der Waals surface area contributed by atoms with Crippen LogP contribution in [0.2, 0.25) is 0 Å². The summed E-state index contributed by atoms with van der Waals surface area (Å²) < 4.78 is 0. The van der Waals surface area contributed by atoms with Gasteiger partial charge in [-0.15, -0.1) is 0 Å². The van der Waals surface area contributed by atoms with E-state index in [9.17, 15) is 4.79 Å². The Hall–Kier alpha value is -1.11. The van der Waals surface area contributed by atoms with Gasteiger partial charge in [0.1, 0.15) is 6.29 Å². The van der Waals surface area contributed by atoms with E-state index in [2.05, 4.69) is 32.9 Å². The molecular formula is C14H20O. The molecule has 1 aromatic rings.